The first-order chi connectivity index (χ1) is 7.76. The van der Waals surface area contributed by atoms with Crippen molar-refractivity contribution in [3.8, 4) is 0 Å². The highest BCUT2D eigenvalue weighted by Gasteiger charge is 2.37. The third-order valence-corrected chi connectivity index (χ3v) is 4.67. The number of hydrogen-bond acceptors (Lipinski definition) is 3. The quantitative estimate of drug-likeness (QED) is 0.791. The van der Waals surface area contributed by atoms with Crippen LogP contribution in [0.5, 0.6) is 0 Å². The van der Waals surface area contributed by atoms with Crippen molar-refractivity contribution >= 4 is 0 Å². The zero-order chi connectivity index (χ0) is 11.5. The van der Waals surface area contributed by atoms with Crippen LogP contribution in [0.15, 0.2) is 0 Å². The summed E-state index contributed by atoms with van der Waals surface area (Å²) in [6.45, 7) is 0.857. The molecule has 2 fully saturated rings. The third kappa shape index (κ3) is 2.41. The number of hydrogen-bond donors (Lipinski definition) is 1. The first kappa shape index (κ1) is 12.3. The highest BCUT2D eigenvalue weighted by molar-refractivity contribution is 4.92. The number of ether oxygens (including phenoxy) is 1. The van der Waals surface area contributed by atoms with E-state index in [0.29, 0.717) is 6.10 Å². The van der Waals surface area contributed by atoms with E-state index in [1.807, 2.05) is 7.11 Å². The van der Waals surface area contributed by atoms with Crippen LogP contribution in [0.2, 0.25) is 0 Å². The summed E-state index contributed by atoms with van der Waals surface area (Å²) in [6.07, 6.45) is 8.34. The zero-order valence-corrected chi connectivity index (χ0v) is 10.7. The molecule has 0 bridgehead atoms. The Morgan fingerprint density at radius 1 is 1.25 bits per heavy atom. The molecule has 16 heavy (non-hydrogen) atoms. The summed E-state index contributed by atoms with van der Waals surface area (Å²) in [4.78, 5) is 2.59. The van der Waals surface area contributed by atoms with Crippen LogP contribution >= 0.6 is 0 Å². The summed E-state index contributed by atoms with van der Waals surface area (Å²) in [5.41, 5.74) is 5.89. The van der Waals surface area contributed by atoms with Crippen LogP contribution in [0.1, 0.15) is 38.5 Å². The highest BCUT2D eigenvalue weighted by atomic mass is 16.5. The van der Waals surface area contributed by atoms with Crippen LogP contribution in [-0.4, -0.2) is 43.8 Å². The molecule has 2 unspecified atom stereocenters. The lowest BCUT2D eigenvalue weighted by molar-refractivity contribution is -0.0439. The lowest BCUT2D eigenvalue weighted by Gasteiger charge is -2.47. The summed E-state index contributed by atoms with van der Waals surface area (Å²) >= 11 is 0. The van der Waals surface area contributed by atoms with Gasteiger partial charge in [-0.25, -0.2) is 0 Å². The lowest BCUT2D eigenvalue weighted by Crippen LogP contribution is -2.53. The summed E-state index contributed by atoms with van der Waals surface area (Å²) in [5.74, 6) is 0.723. The number of nitrogens with two attached hydrogens (primary N) is 1. The van der Waals surface area contributed by atoms with Crippen molar-refractivity contribution < 1.29 is 4.74 Å². The topological polar surface area (TPSA) is 38.5 Å². The molecule has 0 amide bonds. The maximum absolute atomic E-state index is 5.89. The Hall–Kier alpha value is -0.120. The molecule has 2 aliphatic rings. The molecule has 0 heterocycles. The molecule has 2 atom stereocenters. The van der Waals surface area contributed by atoms with Gasteiger partial charge in [0.2, 0.25) is 0 Å². The lowest BCUT2D eigenvalue weighted by atomic mass is 9.80. The van der Waals surface area contributed by atoms with Gasteiger partial charge in [-0.05, 0) is 45.2 Å². The molecule has 2 saturated carbocycles. The highest BCUT2D eigenvalue weighted by Crippen LogP contribution is 2.34. The van der Waals surface area contributed by atoms with Gasteiger partial charge in [-0.2, -0.15) is 0 Å². The van der Waals surface area contributed by atoms with Crippen molar-refractivity contribution in [1.29, 1.82) is 0 Å². The van der Waals surface area contributed by atoms with Crippen LogP contribution < -0.4 is 5.73 Å². The molecule has 0 spiro atoms. The SMILES string of the molecule is COC1CC(N(C)C2CCCCC2CN)C1. The van der Waals surface area contributed by atoms with Gasteiger partial charge in [0.25, 0.3) is 0 Å². The molecule has 0 aromatic heterocycles. The molecule has 2 rings (SSSR count). The minimum absolute atomic E-state index is 0.507. The van der Waals surface area contributed by atoms with Crippen molar-refractivity contribution in [2.75, 3.05) is 20.7 Å². The van der Waals surface area contributed by atoms with E-state index in [2.05, 4.69) is 11.9 Å². The Labute approximate surface area is 99.3 Å². The van der Waals surface area contributed by atoms with E-state index < -0.39 is 0 Å². The van der Waals surface area contributed by atoms with Gasteiger partial charge in [-0.1, -0.05) is 12.8 Å². The Balaban J connectivity index is 1.85. The molecule has 3 heteroatoms. The molecule has 0 radical (unpaired) electrons. The van der Waals surface area contributed by atoms with E-state index in [4.69, 9.17) is 10.5 Å². The maximum Gasteiger partial charge on any atom is 0.0601 e. The molecule has 0 aromatic carbocycles. The normalized spacial score (nSPS) is 39.8. The van der Waals surface area contributed by atoms with Crippen molar-refractivity contribution in [3.05, 3.63) is 0 Å². The van der Waals surface area contributed by atoms with Crippen LogP contribution in [-0.2, 0) is 4.74 Å². The first-order valence-electron chi connectivity index (χ1n) is 6.71. The molecule has 0 aliphatic heterocycles. The Morgan fingerprint density at radius 3 is 2.56 bits per heavy atom. The summed E-state index contributed by atoms with van der Waals surface area (Å²) in [7, 11) is 4.11. The van der Waals surface area contributed by atoms with Crippen molar-refractivity contribution in [3.63, 3.8) is 0 Å². The van der Waals surface area contributed by atoms with E-state index in [9.17, 15) is 0 Å². The molecule has 0 saturated heterocycles. The van der Waals surface area contributed by atoms with Gasteiger partial charge in [0.15, 0.2) is 0 Å². The molecular weight excluding hydrogens is 200 g/mol. The van der Waals surface area contributed by atoms with Crippen LogP contribution in [0, 0.1) is 5.92 Å². The largest absolute Gasteiger partial charge is 0.381 e. The molecular formula is C13H26N2O. The van der Waals surface area contributed by atoms with E-state index in [0.717, 1.165) is 24.5 Å². The minimum Gasteiger partial charge on any atom is -0.381 e. The number of rotatable bonds is 4. The second-order valence-corrected chi connectivity index (χ2v) is 5.50. The fourth-order valence-corrected chi connectivity index (χ4v) is 3.33. The second-order valence-electron chi connectivity index (χ2n) is 5.50. The van der Waals surface area contributed by atoms with E-state index >= 15 is 0 Å². The molecule has 94 valence electrons. The smallest absolute Gasteiger partial charge is 0.0601 e. The molecule has 3 nitrogen and oxygen atoms in total. The Bertz CT molecular complexity index is 216. The van der Waals surface area contributed by atoms with Gasteiger partial charge in [0.05, 0.1) is 6.10 Å². The van der Waals surface area contributed by atoms with Crippen LogP contribution in [0.3, 0.4) is 0 Å². The van der Waals surface area contributed by atoms with Gasteiger partial charge in [0.1, 0.15) is 0 Å². The summed E-state index contributed by atoms with van der Waals surface area (Å²) in [5, 5.41) is 0. The summed E-state index contributed by atoms with van der Waals surface area (Å²) in [6, 6.07) is 1.46. The van der Waals surface area contributed by atoms with E-state index in [-0.39, 0.29) is 0 Å². The monoisotopic (exact) mass is 226 g/mol. The minimum atomic E-state index is 0.507. The van der Waals surface area contributed by atoms with Crippen LogP contribution in [0.25, 0.3) is 0 Å². The van der Waals surface area contributed by atoms with E-state index in [1.165, 1.54) is 38.5 Å². The predicted octanol–water partition coefficient (Wildman–Crippen LogP) is 1.61. The zero-order valence-electron chi connectivity index (χ0n) is 10.7. The molecule has 2 N–H and O–H groups in total. The third-order valence-electron chi connectivity index (χ3n) is 4.67. The van der Waals surface area contributed by atoms with Gasteiger partial charge in [-0.3, -0.25) is 4.90 Å². The second kappa shape index (κ2) is 5.48. The first-order valence-corrected chi connectivity index (χ1v) is 6.71. The van der Waals surface area contributed by atoms with Gasteiger partial charge < -0.3 is 10.5 Å². The van der Waals surface area contributed by atoms with Gasteiger partial charge in [0, 0.05) is 19.2 Å². The number of methoxy groups -OCH3 is 1. The van der Waals surface area contributed by atoms with Crippen LogP contribution in [0.4, 0.5) is 0 Å². The molecule has 2 aliphatic carbocycles. The fourth-order valence-electron chi connectivity index (χ4n) is 3.33. The van der Waals surface area contributed by atoms with Crippen molar-refractivity contribution in [1.82, 2.24) is 4.90 Å². The Morgan fingerprint density at radius 2 is 1.94 bits per heavy atom. The van der Waals surface area contributed by atoms with Crippen molar-refractivity contribution in [2.24, 2.45) is 11.7 Å². The molecule has 0 aromatic rings. The standard InChI is InChI=1S/C13H26N2O/c1-15(11-7-12(8-11)16-2)13-6-4-3-5-10(13)9-14/h10-13H,3-9,14H2,1-2H3. The van der Waals surface area contributed by atoms with Gasteiger partial charge >= 0.3 is 0 Å². The maximum atomic E-state index is 5.89. The van der Waals surface area contributed by atoms with E-state index in [1.54, 1.807) is 0 Å². The number of nitrogens with zero attached hydrogens (tertiary/aromatic N) is 1. The summed E-state index contributed by atoms with van der Waals surface area (Å²) < 4.78 is 5.36. The predicted molar refractivity (Wildman–Crippen MR) is 66.4 cm³/mol. The fraction of sp³-hybridized carbons (Fsp3) is 1.00. The van der Waals surface area contributed by atoms with Crippen molar-refractivity contribution in [2.45, 2.75) is 56.7 Å². The average Bonchev–Trinajstić information content (AvgIpc) is 2.27. The van der Waals surface area contributed by atoms with Gasteiger partial charge in [-0.15, -0.1) is 0 Å². The Kier molecular flexibility index (Phi) is 4.22. The average molecular weight is 226 g/mol.